The van der Waals surface area contributed by atoms with Gasteiger partial charge in [-0.2, -0.15) is 8.42 Å². The first-order valence-electron chi connectivity index (χ1n) is 12.0. The van der Waals surface area contributed by atoms with Crippen LogP contribution in [-0.4, -0.2) is 31.3 Å². The zero-order valence-electron chi connectivity index (χ0n) is 19.8. The van der Waals surface area contributed by atoms with E-state index in [4.69, 9.17) is 4.74 Å². The number of rotatable bonds is 8. The lowest BCUT2D eigenvalue weighted by Crippen LogP contribution is -2.15. The van der Waals surface area contributed by atoms with Crippen LogP contribution in [0.2, 0.25) is 0 Å². The molecular weight excluding hydrogens is 480 g/mol. The molecule has 2 aliphatic rings. The molecule has 0 radical (unpaired) electrons. The van der Waals surface area contributed by atoms with Gasteiger partial charge in [-0.05, 0) is 54.7 Å². The summed E-state index contributed by atoms with van der Waals surface area (Å²) in [5.41, 5.74) is 2.72. The number of allylic oxidation sites excluding steroid dienone is 5. The summed E-state index contributed by atoms with van der Waals surface area (Å²) in [4.78, 5) is 17.2. The number of hydrogen-bond acceptors (Lipinski definition) is 6. The SMILES string of the molecule is COc1ccc(-c2csc(NC(=O)C=CC3C=CC(CCC4CCCCC4)=CC3=S(=O)=O)n2)cc1. The molecule has 1 saturated carbocycles. The molecule has 2 aliphatic carbocycles. The number of benzene rings is 1. The Morgan fingerprint density at radius 3 is 2.69 bits per heavy atom. The summed E-state index contributed by atoms with van der Waals surface area (Å²) < 4.78 is 28.9. The summed E-state index contributed by atoms with van der Waals surface area (Å²) in [6.45, 7) is 0. The van der Waals surface area contributed by atoms with Crippen molar-refractivity contribution < 1.29 is 17.9 Å². The van der Waals surface area contributed by atoms with E-state index in [-0.39, 0.29) is 5.91 Å². The molecule has 1 N–H and O–H groups in total. The molecule has 1 fully saturated rings. The van der Waals surface area contributed by atoms with Gasteiger partial charge >= 0.3 is 0 Å². The van der Waals surface area contributed by atoms with Crippen LogP contribution >= 0.6 is 11.3 Å². The average molecular weight is 511 g/mol. The molecule has 8 heteroatoms. The van der Waals surface area contributed by atoms with Crippen LogP contribution in [0.1, 0.15) is 44.9 Å². The standard InChI is InChI=1S/C27H30N2O4S2/c1-33-23-14-11-21(12-15-23)24-18-34-27(28-24)29-26(30)16-13-22-10-9-20(17-25(22)35(31)32)8-7-19-5-3-2-4-6-19/h9-19,22H,2-8H2,1H3,(H,28,29,30). The van der Waals surface area contributed by atoms with Crippen molar-refractivity contribution in [2.24, 2.45) is 11.8 Å². The van der Waals surface area contributed by atoms with Crippen LogP contribution in [0.15, 0.2) is 65.6 Å². The van der Waals surface area contributed by atoms with Crippen LogP contribution in [-0.2, 0) is 15.1 Å². The van der Waals surface area contributed by atoms with E-state index in [1.165, 1.54) is 49.5 Å². The second-order valence-electron chi connectivity index (χ2n) is 8.90. The quantitative estimate of drug-likeness (QED) is 0.356. The summed E-state index contributed by atoms with van der Waals surface area (Å²) in [6, 6.07) is 7.53. The molecule has 1 heterocycles. The highest BCUT2D eigenvalue weighted by molar-refractivity contribution is 7.73. The van der Waals surface area contributed by atoms with Gasteiger partial charge in [0.1, 0.15) is 5.75 Å². The molecule has 1 amide bonds. The third-order valence-corrected chi connectivity index (χ3v) is 8.04. The number of carbonyl (C=O) groups is 1. The van der Waals surface area contributed by atoms with Crippen LogP contribution in [0.3, 0.4) is 0 Å². The van der Waals surface area contributed by atoms with Crippen molar-refractivity contribution in [3.63, 3.8) is 0 Å². The fourth-order valence-electron chi connectivity index (χ4n) is 4.53. The van der Waals surface area contributed by atoms with Crippen molar-refractivity contribution in [3.05, 3.63) is 65.6 Å². The lowest BCUT2D eigenvalue weighted by Gasteiger charge is -2.22. The summed E-state index contributed by atoms with van der Waals surface area (Å²) in [6.07, 6.45) is 17.1. The maximum absolute atomic E-state index is 12.5. The second kappa shape index (κ2) is 12.1. The summed E-state index contributed by atoms with van der Waals surface area (Å²) in [7, 11) is -0.731. The van der Waals surface area contributed by atoms with Crippen molar-refractivity contribution in [3.8, 4) is 17.0 Å². The van der Waals surface area contributed by atoms with Crippen molar-refractivity contribution in [2.75, 3.05) is 12.4 Å². The fraction of sp³-hybridized carbons (Fsp3) is 0.370. The van der Waals surface area contributed by atoms with Gasteiger partial charge in [-0.3, -0.25) is 10.1 Å². The van der Waals surface area contributed by atoms with E-state index >= 15 is 0 Å². The number of ether oxygens (including phenoxy) is 1. The van der Waals surface area contributed by atoms with Gasteiger partial charge in [-0.15, -0.1) is 11.3 Å². The summed E-state index contributed by atoms with van der Waals surface area (Å²) in [5.74, 6) is 0.707. The fourth-order valence-corrected chi connectivity index (χ4v) is 5.88. The van der Waals surface area contributed by atoms with E-state index in [1.807, 2.05) is 41.8 Å². The molecule has 1 aromatic heterocycles. The second-order valence-corrected chi connectivity index (χ2v) is 10.7. The molecule has 0 spiro atoms. The van der Waals surface area contributed by atoms with E-state index in [1.54, 1.807) is 19.3 Å². The Kier molecular flexibility index (Phi) is 8.71. The highest BCUT2D eigenvalue weighted by Crippen LogP contribution is 2.30. The Balaban J connectivity index is 1.34. The minimum Gasteiger partial charge on any atom is -0.497 e. The Hall–Kier alpha value is -2.97. The Morgan fingerprint density at radius 1 is 1.20 bits per heavy atom. The van der Waals surface area contributed by atoms with Crippen LogP contribution in [0.4, 0.5) is 5.13 Å². The molecule has 35 heavy (non-hydrogen) atoms. The van der Waals surface area contributed by atoms with E-state index in [2.05, 4.69) is 10.3 Å². The van der Waals surface area contributed by atoms with Gasteiger partial charge < -0.3 is 4.74 Å². The molecule has 0 bridgehead atoms. The predicted octanol–water partition coefficient (Wildman–Crippen LogP) is 5.84. The largest absolute Gasteiger partial charge is 0.497 e. The summed E-state index contributed by atoms with van der Waals surface area (Å²) in [5, 5.41) is 5.11. The number of thiazole rings is 1. The number of nitrogens with zero attached hydrogens (tertiary/aromatic N) is 1. The van der Waals surface area contributed by atoms with Gasteiger partial charge in [0.2, 0.25) is 16.2 Å². The highest BCUT2D eigenvalue weighted by Gasteiger charge is 2.18. The number of amides is 1. The van der Waals surface area contributed by atoms with Gasteiger partial charge in [0.15, 0.2) is 5.13 Å². The lowest BCUT2D eigenvalue weighted by atomic mass is 9.84. The Morgan fingerprint density at radius 2 is 1.97 bits per heavy atom. The van der Waals surface area contributed by atoms with Gasteiger partial charge in [-0.25, -0.2) is 4.98 Å². The minimum atomic E-state index is -2.35. The first-order chi connectivity index (χ1) is 17.0. The van der Waals surface area contributed by atoms with Crippen LogP contribution in [0.5, 0.6) is 5.75 Å². The van der Waals surface area contributed by atoms with Crippen LogP contribution in [0, 0.1) is 11.8 Å². The molecule has 0 saturated heterocycles. The Labute approximate surface area is 212 Å². The van der Waals surface area contributed by atoms with Crippen molar-refractivity contribution in [1.29, 1.82) is 0 Å². The minimum absolute atomic E-state index is 0.297. The number of aromatic nitrogens is 1. The third-order valence-electron chi connectivity index (χ3n) is 6.51. The molecule has 184 valence electrons. The zero-order chi connectivity index (χ0) is 24.6. The lowest BCUT2D eigenvalue weighted by molar-refractivity contribution is -0.111. The van der Waals surface area contributed by atoms with Crippen molar-refractivity contribution in [1.82, 2.24) is 4.98 Å². The van der Waals surface area contributed by atoms with Crippen LogP contribution in [0.25, 0.3) is 11.3 Å². The normalized spacial score (nSPS) is 18.5. The van der Waals surface area contributed by atoms with Crippen LogP contribution < -0.4 is 10.1 Å². The van der Waals surface area contributed by atoms with E-state index in [0.29, 0.717) is 10.00 Å². The van der Waals surface area contributed by atoms with Gasteiger partial charge in [0.25, 0.3) is 0 Å². The first kappa shape index (κ1) is 25.1. The number of carbonyl (C=O) groups excluding carboxylic acids is 1. The smallest absolute Gasteiger partial charge is 0.249 e. The molecule has 0 aliphatic heterocycles. The molecule has 1 atom stereocenters. The maximum Gasteiger partial charge on any atom is 0.249 e. The molecule has 2 aromatic rings. The molecule has 6 nitrogen and oxygen atoms in total. The summed E-state index contributed by atoms with van der Waals surface area (Å²) >= 11 is 1.33. The number of methoxy groups -OCH3 is 1. The first-order valence-corrected chi connectivity index (χ1v) is 13.9. The average Bonchev–Trinajstić information content (AvgIpc) is 3.35. The topological polar surface area (TPSA) is 85.4 Å². The van der Waals surface area contributed by atoms with Gasteiger partial charge in [0, 0.05) is 22.9 Å². The Bertz CT molecular complexity index is 1260. The number of nitrogens with one attached hydrogen (secondary N) is 1. The van der Waals surface area contributed by atoms with Crippen molar-refractivity contribution >= 4 is 37.5 Å². The third kappa shape index (κ3) is 7.02. The number of anilines is 1. The van der Waals surface area contributed by atoms with E-state index in [0.717, 1.165) is 41.3 Å². The zero-order valence-corrected chi connectivity index (χ0v) is 21.4. The molecule has 1 unspecified atom stereocenters. The molecule has 4 rings (SSSR count). The monoisotopic (exact) mass is 510 g/mol. The number of hydrogen-bond donors (Lipinski definition) is 1. The van der Waals surface area contributed by atoms with E-state index < -0.39 is 16.2 Å². The maximum atomic E-state index is 12.5. The van der Waals surface area contributed by atoms with Gasteiger partial charge in [-0.1, -0.05) is 50.3 Å². The van der Waals surface area contributed by atoms with Crippen molar-refractivity contribution in [2.45, 2.75) is 44.9 Å². The molecular formula is C27H30N2O4S2. The van der Waals surface area contributed by atoms with Gasteiger partial charge in [0.05, 0.1) is 17.7 Å². The highest BCUT2D eigenvalue weighted by atomic mass is 32.2. The predicted molar refractivity (Wildman–Crippen MR) is 142 cm³/mol. The van der Waals surface area contributed by atoms with E-state index in [9.17, 15) is 13.2 Å². The molecule has 1 aromatic carbocycles.